The summed E-state index contributed by atoms with van der Waals surface area (Å²) >= 11 is 0. The molecule has 0 aromatic heterocycles. The normalized spacial score (nSPS) is 27.7. The van der Waals surface area contributed by atoms with Gasteiger partial charge in [-0.2, -0.15) is 0 Å². The number of carbonyl (C=O) groups excluding carboxylic acids is 2. The van der Waals surface area contributed by atoms with Crippen LogP contribution in [0.25, 0.3) is 0 Å². The van der Waals surface area contributed by atoms with E-state index in [-0.39, 0.29) is 36.5 Å². The number of ether oxygens (including phenoxy) is 1. The molecule has 1 aromatic rings. The SMILES string of the molecule is O=C(N[C@H]1CC[C@@H](CC(=O)N2CCc3ccccc3C2)O[C@@H]1CO)C1CC1. The second kappa shape index (κ2) is 7.98. The number of nitrogens with zero attached hydrogens (tertiary/aromatic N) is 1. The van der Waals surface area contributed by atoms with Gasteiger partial charge in [-0.25, -0.2) is 0 Å². The summed E-state index contributed by atoms with van der Waals surface area (Å²) in [5.41, 5.74) is 2.54. The smallest absolute Gasteiger partial charge is 0.225 e. The second-order valence-corrected chi connectivity index (χ2v) is 7.98. The van der Waals surface area contributed by atoms with Gasteiger partial charge < -0.3 is 20.1 Å². The van der Waals surface area contributed by atoms with Crippen LogP contribution in [-0.4, -0.2) is 53.2 Å². The van der Waals surface area contributed by atoms with Crippen molar-refractivity contribution in [3.05, 3.63) is 35.4 Å². The molecular formula is C21H28N2O4. The molecule has 1 aromatic carbocycles. The van der Waals surface area contributed by atoms with Crippen molar-refractivity contribution < 1.29 is 19.4 Å². The molecule has 1 saturated heterocycles. The third kappa shape index (κ3) is 4.33. The number of fused-ring (bicyclic) bond motifs is 1. The van der Waals surface area contributed by atoms with Crippen molar-refractivity contribution in [3.63, 3.8) is 0 Å². The van der Waals surface area contributed by atoms with Gasteiger partial charge in [-0.1, -0.05) is 24.3 Å². The lowest BCUT2D eigenvalue weighted by Gasteiger charge is -2.37. The zero-order chi connectivity index (χ0) is 18.8. The molecule has 2 fully saturated rings. The highest BCUT2D eigenvalue weighted by molar-refractivity contribution is 5.81. The minimum atomic E-state index is -0.429. The third-order valence-corrected chi connectivity index (χ3v) is 5.96. The first kappa shape index (κ1) is 18.4. The first-order chi connectivity index (χ1) is 13.1. The monoisotopic (exact) mass is 372 g/mol. The Morgan fingerprint density at radius 1 is 1.15 bits per heavy atom. The highest BCUT2D eigenvalue weighted by Gasteiger charge is 2.37. The second-order valence-electron chi connectivity index (χ2n) is 7.98. The lowest BCUT2D eigenvalue weighted by molar-refractivity contribution is -0.143. The molecule has 3 atom stereocenters. The molecule has 146 valence electrons. The molecule has 1 saturated carbocycles. The van der Waals surface area contributed by atoms with Crippen LogP contribution in [0.1, 0.15) is 43.2 Å². The van der Waals surface area contributed by atoms with E-state index in [1.807, 2.05) is 17.0 Å². The standard InChI is InChI=1S/C21H28N2O4/c24-13-19-18(22-21(26)15-5-6-15)8-7-17(27-19)11-20(25)23-10-9-14-3-1-2-4-16(14)12-23/h1-4,15,17-19,24H,5-13H2,(H,22,26)/t17-,18-,19+/m0/s1. The fourth-order valence-corrected chi connectivity index (χ4v) is 4.13. The summed E-state index contributed by atoms with van der Waals surface area (Å²) in [6.45, 7) is 1.26. The average molecular weight is 372 g/mol. The fourth-order valence-electron chi connectivity index (χ4n) is 4.13. The van der Waals surface area contributed by atoms with Crippen molar-refractivity contribution in [2.45, 2.75) is 63.3 Å². The zero-order valence-corrected chi connectivity index (χ0v) is 15.6. The van der Waals surface area contributed by atoms with E-state index in [4.69, 9.17) is 4.74 Å². The van der Waals surface area contributed by atoms with Gasteiger partial charge in [0.2, 0.25) is 11.8 Å². The Balaban J connectivity index is 1.29. The number of aliphatic hydroxyl groups excluding tert-OH is 1. The van der Waals surface area contributed by atoms with Gasteiger partial charge >= 0.3 is 0 Å². The Bertz CT molecular complexity index is 703. The highest BCUT2D eigenvalue weighted by atomic mass is 16.5. The van der Waals surface area contributed by atoms with Gasteiger partial charge in [-0.05, 0) is 43.2 Å². The van der Waals surface area contributed by atoms with Crippen molar-refractivity contribution in [3.8, 4) is 0 Å². The van der Waals surface area contributed by atoms with E-state index in [1.165, 1.54) is 11.1 Å². The Morgan fingerprint density at radius 3 is 2.67 bits per heavy atom. The summed E-state index contributed by atoms with van der Waals surface area (Å²) in [5.74, 6) is 0.320. The molecule has 2 amide bonds. The Labute approximate surface area is 159 Å². The molecule has 0 unspecified atom stereocenters. The van der Waals surface area contributed by atoms with Crippen LogP contribution in [0.5, 0.6) is 0 Å². The van der Waals surface area contributed by atoms with Crippen molar-refractivity contribution in [2.24, 2.45) is 5.92 Å². The van der Waals surface area contributed by atoms with Crippen LogP contribution in [0.2, 0.25) is 0 Å². The maximum absolute atomic E-state index is 12.7. The number of hydrogen-bond donors (Lipinski definition) is 2. The van der Waals surface area contributed by atoms with Crippen molar-refractivity contribution in [2.75, 3.05) is 13.2 Å². The number of nitrogens with one attached hydrogen (secondary N) is 1. The summed E-state index contributed by atoms with van der Waals surface area (Å²) in [5, 5.41) is 12.7. The van der Waals surface area contributed by atoms with Gasteiger partial charge in [0.05, 0.1) is 25.2 Å². The molecule has 6 heteroatoms. The molecule has 6 nitrogen and oxygen atoms in total. The van der Waals surface area contributed by atoms with E-state index >= 15 is 0 Å². The molecule has 2 N–H and O–H groups in total. The van der Waals surface area contributed by atoms with Gasteiger partial charge in [0.25, 0.3) is 0 Å². The minimum absolute atomic E-state index is 0.0727. The van der Waals surface area contributed by atoms with Crippen LogP contribution in [0.4, 0.5) is 0 Å². The third-order valence-electron chi connectivity index (χ3n) is 5.96. The van der Waals surface area contributed by atoms with E-state index in [1.54, 1.807) is 0 Å². The van der Waals surface area contributed by atoms with Crippen molar-refractivity contribution >= 4 is 11.8 Å². The summed E-state index contributed by atoms with van der Waals surface area (Å²) in [7, 11) is 0. The van der Waals surface area contributed by atoms with Gasteiger partial charge in [-0.3, -0.25) is 9.59 Å². The molecule has 0 spiro atoms. The molecule has 2 heterocycles. The first-order valence-electron chi connectivity index (χ1n) is 10.1. The lowest BCUT2D eigenvalue weighted by Crippen LogP contribution is -2.52. The van der Waals surface area contributed by atoms with Crippen LogP contribution < -0.4 is 5.32 Å². The average Bonchev–Trinajstić information content (AvgIpc) is 3.54. The zero-order valence-electron chi connectivity index (χ0n) is 15.6. The van der Waals surface area contributed by atoms with E-state index in [0.717, 1.165) is 38.6 Å². The van der Waals surface area contributed by atoms with E-state index in [2.05, 4.69) is 17.4 Å². The highest BCUT2D eigenvalue weighted by Crippen LogP contribution is 2.30. The Hall–Kier alpha value is -1.92. The fraction of sp³-hybridized carbons (Fsp3) is 0.619. The molecule has 3 aliphatic rings. The molecular weight excluding hydrogens is 344 g/mol. The Kier molecular flexibility index (Phi) is 5.45. The van der Waals surface area contributed by atoms with Gasteiger partial charge in [0.15, 0.2) is 0 Å². The number of amides is 2. The number of hydrogen-bond acceptors (Lipinski definition) is 4. The summed E-state index contributed by atoms with van der Waals surface area (Å²) in [6, 6.07) is 8.11. The van der Waals surface area contributed by atoms with E-state index in [9.17, 15) is 14.7 Å². The van der Waals surface area contributed by atoms with E-state index in [0.29, 0.717) is 13.0 Å². The maximum atomic E-state index is 12.7. The molecule has 0 bridgehead atoms. The number of benzene rings is 1. The van der Waals surface area contributed by atoms with Crippen LogP contribution in [0.3, 0.4) is 0 Å². The number of aliphatic hydroxyl groups is 1. The topological polar surface area (TPSA) is 78.9 Å². The summed E-state index contributed by atoms with van der Waals surface area (Å²) in [6.07, 6.45) is 3.98. The minimum Gasteiger partial charge on any atom is -0.394 e. The quantitative estimate of drug-likeness (QED) is 0.819. The molecule has 27 heavy (non-hydrogen) atoms. The summed E-state index contributed by atoms with van der Waals surface area (Å²) < 4.78 is 5.97. The number of carbonyl (C=O) groups is 2. The van der Waals surface area contributed by atoms with Gasteiger partial charge in [-0.15, -0.1) is 0 Å². The maximum Gasteiger partial charge on any atom is 0.225 e. The molecule has 0 radical (unpaired) electrons. The Morgan fingerprint density at radius 2 is 1.93 bits per heavy atom. The van der Waals surface area contributed by atoms with Crippen molar-refractivity contribution in [1.82, 2.24) is 10.2 Å². The summed E-state index contributed by atoms with van der Waals surface area (Å²) in [4.78, 5) is 26.6. The molecule has 2 aliphatic heterocycles. The predicted molar refractivity (Wildman–Crippen MR) is 99.8 cm³/mol. The van der Waals surface area contributed by atoms with Crippen LogP contribution in [0, 0.1) is 5.92 Å². The predicted octanol–water partition coefficient (Wildman–Crippen LogP) is 1.40. The van der Waals surface area contributed by atoms with Crippen LogP contribution in [0.15, 0.2) is 24.3 Å². The van der Waals surface area contributed by atoms with E-state index < -0.39 is 6.10 Å². The molecule has 4 rings (SSSR count). The molecule has 1 aliphatic carbocycles. The lowest BCUT2D eigenvalue weighted by atomic mass is 9.95. The largest absolute Gasteiger partial charge is 0.394 e. The van der Waals surface area contributed by atoms with Gasteiger partial charge in [0.1, 0.15) is 6.10 Å². The van der Waals surface area contributed by atoms with Gasteiger partial charge in [0, 0.05) is 19.0 Å². The van der Waals surface area contributed by atoms with Crippen LogP contribution in [-0.2, 0) is 27.3 Å². The first-order valence-corrected chi connectivity index (χ1v) is 10.1. The van der Waals surface area contributed by atoms with Crippen molar-refractivity contribution in [1.29, 1.82) is 0 Å². The van der Waals surface area contributed by atoms with Crippen LogP contribution >= 0.6 is 0 Å². The number of rotatable bonds is 5.